The zero-order valence-electron chi connectivity index (χ0n) is 15.6. The van der Waals surface area contributed by atoms with Crippen molar-refractivity contribution >= 4 is 22.7 Å². The predicted octanol–water partition coefficient (Wildman–Crippen LogP) is 3.93. The second-order valence-corrected chi connectivity index (χ2v) is 6.69. The van der Waals surface area contributed by atoms with Crippen LogP contribution in [0.2, 0.25) is 0 Å². The van der Waals surface area contributed by atoms with Crippen molar-refractivity contribution in [1.82, 2.24) is 10.3 Å². The number of hydrogen-bond donors (Lipinski definition) is 2. The van der Waals surface area contributed by atoms with Gasteiger partial charge in [-0.1, -0.05) is 42.5 Å². The summed E-state index contributed by atoms with van der Waals surface area (Å²) in [6.45, 7) is 0.416. The van der Waals surface area contributed by atoms with Crippen molar-refractivity contribution in [3.63, 3.8) is 0 Å². The van der Waals surface area contributed by atoms with Crippen LogP contribution in [0.25, 0.3) is 22.0 Å². The summed E-state index contributed by atoms with van der Waals surface area (Å²) in [5.41, 5.74) is 10.0. The topological polar surface area (TPSA) is 85.1 Å². The average Bonchev–Trinajstić information content (AvgIpc) is 2.77. The smallest absolute Gasteiger partial charge is 0.251 e. The standard InChI is InChI=1S/C24H19N3O2/c25-23(28)17-11-9-16(10-12-17)18-4-1-5-19(14-18)24(29)27-15-20-6-2-8-22-21(20)7-3-13-26-22/h1-14H,15H2,(H2,25,28)(H,27,29). The number of nitrogens with zero attached hydrogens (tertiary/aromatic N) is 1. The summed E-state index contributed by atoms with van der Waals surface area (Å²) in [6, 6.07) is 24.1. The van der Waals surface area contributed by atoms with E-state index in [9.17, 15) is 9.59 Å². The van der Waals surface area contributed by atoms with E-state index in [1.165, 1.54) is 0 Å². The quantitative estimate of drug-likeness (QED) is 0.549. The molecule has 4 rings (SSSR count). The molecule has 0 atom stereocenters. The number of aromatic nitrogens is 1. The Kier molecular flexibility index (Phi) is 5.03. The number of hydrogen-bond acceptors (Lipinski definition) is 3. The Balaban J connectivity index is 1.52. The van der Waals surface area contributed by atoms with Crippen LogP contribution >= 0.6 is 0 Å². The van der Waals surface area contributed by atoms with Crippen LogP contribution in [0.4, 0.5) is 0 Å². The number of nitrogens with one attached hydrogen (secondary N) is 1. The van der Waals surface area contributed by atoms with Crippen molar-refractivity contribution in [2.75, 3.05) is 0 Å². The van der Waals surface area contributed by atoms with E-state index in [0.29, 0.717) is 17.7 Å². The van der Waals surface area contributed by atoms with Gasteiger partial charge in [-0.05, 0) is 53.1 Å². The minimum Gasteiger partial charge on any atom is -0.366 e. The Bertz CT molecular complexity index is 1190. The molecule has 5 heteroatoms. The minimum atomic E-state index is -0.465. The van der Waals surface area contributed by atoms with E-state index in [0.717, 1.165) is 27.6 Å². The number of benzene rings is 3. The molecule has 2 amide bonds. The molecule has 0 radical (unpaired) electrons. The summed E-state index contributed by atoms with van der Waals surface area (Å²) in [7, 11) is 0. The van der Waals surface area contributed by atoms with Crippen LogP contribution in [0.15, 0.2) is 85.1 Å². The van der Waals surface area contributed by atoms with Gasteiger partial charge in [0.2, 0.25) is 5.91 Å². The second kappa shape index (κ2) is 7.94. The Morgan fingerprint density at radius 2 is 1.62 bits per heavy atom. The molecule has 0 unspecified atom stereocenters. The molecule has 0 fully saturated rings. The van der Waals surface area contributed by atoms with Gasteiger partial charge in [0.15, 0.2) is 0 Å². The number of rotatable bonds is 5. The monoisotopic (exact) mass is 381 g/mol. The number of amides is 2. The van der Waals surface area contributed by atoms with Gasteiger partial charge in [-0.3, -0.25) is 14.6 Å². The molecule has 29 heavy (non-hydrogen) atoms. The highest BCUT2D eigenvalue weighted by atomic mass is 16.2. The first kappa shape index (κ1) is 18.4. The number of nitrogens with two attached hydrogens (primary N) is 1. The van der Waals surface area contributed by atoms with Crippen LogP contribution in [-0.2, 0) is 6.54 Å². The summed E-state index contributed by atoms with van der Waals surface area (Å²) in [5.74, 6) is -0.616. The van der Waals surface area contributed by atoms with Crippen LogP contribution in [0.1, 0.15) is 26.3 Å². The average molecular weight is 381 g/mol. The Morgan fingerprint density at radius 1 is 0.828 bits per heavy atom. The maximum absolute atomic E-state index is 12.7. The lowest BCUT2D eigenvalue weighted by molar-refractivity contribution is 0.0950. The highest BCUT2D eigenvalue weighted by molar-refractivity contribution is 5.96. The molecule has 0 aliphatic rings. The SMILES string of the molecule is NC(=O)c1ccc(-c2cccc(C(=O)NCc3cccc4ncccc34)c2)cc1. The lowest BCUT2D eigenvalue weighted by atomic mass is 10.0. The fraction of sp³-hybridized carbons (Fsp3) is 0.0417. The van der Waals surface area contributed by atoms with Gasteiger partial charge in [-0.25, -0.2) is 0 Å². The summed E-state index contributed by atoms with van der Waals surface area (Å²) in [4.78, 5) is 28.3. The molecule has 0 saturated carbocycles. The highest BCUT2D eigenvalue weighted by Crippen LogP contribution is 2.21. The van der Waals surface area contributed by atoms with Gasteiger partial charge in [-0.15, -0.1) is 0 Å². The third kappa shape index (κ3) is 3.99. The first-order chi connectivity index (χ1) is 14.1. The number of carbonyl (C=O) groups is 2. The van der Waals surface area contributed by atoms with Crippen molar-refractivity contribution in [3.05, 3.63) is 102 Å². The molecule has 4 aromatic rings. The number of pyridine rings is 1. The number of primary amides is 1. The molecular weight excluding hydrogens is 362 g/mol. The van der Waals surface area contributed by atoms with Gasteiger partial charge in [0.1, 0.15) is 0 Å². The third-order valence-corrected chi connectivity index (χ3v) is 4.80. The summed E-state index contributed by atoms with van der Waals surface area (Å²) < 4.78 is 0. The molecule has 5 nitrogen and oxygen atoms in total. The third-order valence-electron chi connectivity index (χ3n) is 4.80. The Hall–Kier alpha value is -3.99. The fourth-order valence-corrected chi connectivity index (χ4v) is 3.27. The lowest BCUT2D eigenvalue weighted by Crippen LogP contribution is -2.22. The van der Waals surface area contributed by atoms with E-state index in [1.807, 2.05) is 60.7 Å². The first-order valence-corrected chi connectivity index (χ1v) is 9.23. The predicted molar refractivity (Wildman–Crippen MR) is 113 cm³/mol. The number of fused-ring (bicyclic) bond motifs is 1. The van der Waals surface area contributed by atoms with E-state index < -0.39 is 5.91 Å². The normalized spacial score (nSPS) is 10.6. The molecule has 0 aliphatic carbocycles. The van der Waals surface area contributed by atoms with Crippen LogP contribution in [-0.4, -0.2) is 16.8 Å². The first-order valence-electron chi connectivity index (χ1n) is 9.23. The molecule has 0 spiro atoms. The maximum Gasteiger partial charge on any atom is 0.251 e. The minimum absolute atomic E-state index is 0.151. The van der Waals surface area contributed by atoms with Gasteiger partial charge in [0, 0.05) is 29.3 Å². The Labute approximate surface area is 168 Å². The molecule has 0 bridgehead atoms. The van der Waals surface area contributed by atoms with Crippen molar-refractivity contribution < 1.29 is 9.59 Å². The molecule has 142 valence electrons. The van der Waals surface area contributed by atoms with Gasteiger partial charge < -0.3 is 11.1 Å². The van der Waals surface area contributed by atoms with E-state index in [2.05, 4.69) is 10.3 Å². The zero-order chi connectivity index (χ0) is 20.2. The molecule has 0 aliphatic heterocycles. The molecular formula is C24H19N3O2. The van der Waals surface area contributed by atoms with Crippen LogP contribution in [0.5, 0.6) is 0 Å². The van der Waals surface area contributed by atoms with Crippen LogP contribution < -0.4 is 11.1 Å². The van der Waals surface area contributed by atoms with E-state index in [-0.39, 0.29) is 5.91 Å². The van der Waals surface area contributed by atoms with Crippen LogP contribution in [0, 0.1) is 0 Å². The van der Waals surface area contributed by atoms with E-state index >= 15 is 0 Å². The maximum atomic E-state index is 12.7. The van der Waals surface area contributed by atoms with Crippen molar-refractivity contribution in [2.45, 2.75) is 6.54 Å². The fourth-order valence-electron chi connectivity index (χ4n) is 3.27. The largest absolute Gasteiger partial charge is 0.366 e. The van der Waals surface area contributed by atoms with Crippen molar-refractivity contribution in [1.29, 1.82) is 0 Å². The molecule has 1 heterocycles. The van der Waals surface area contributed by atoms with Gasteiger partial charge >= 0.3 is 0 Å². The van der Waals surface area contributed by atoms with Gasteiger partial charge in [-0.2, -0.15) is 0 Å². The van der Waals surface area contributed by atoms with Gasteiger partial charge in [0.25, 0.3) is 5.91 Å². The van der Waals surface area contributed by atoms with E-state index in [4.69, 9.17) is 5.73 Å². The second-order valence-electron chi connectivity index (χ2n) is 6.69. The highest BCUT2D eigenvalue weighted by Gasteiger charge is 2.09. The van der Waals surface area contributed by atoms with E-state index in [1.54, 1.807) is 24.4 Å². The Morgan fingerprint density at radius 3 is 2.41 bits per heavy atom. The zero-order valence-corrected chi connectivity index (χ0v) is 15.6. The number of carbonyl (C=O) groups excluding carboxylic acids is 2. The molecule has 0 saturated heterocycles. The summed E-state index contributed by atoms with van der Waals surface area (Å²) in [5, 5.41) is 4.01. The van der Waals surface area contributed by atoms with Crippen molar-refractivity contribution in [3.8, 4) is 11.1 Å². The van der Waals surface area contributed by atoms with Crippen LogP contribution in [0.3, 0.4) is 0 Å². The van der Waals surface area contributed by atoms with Crippen molar-refractivity contribution in [2.24, 2.45) is 5.73 Å². The molecule has 1 aromatic heterocycles. The lowest BCUT2D eigenvalue weighted by Gasteiger charge is -2.09. The molecule has 3 aromatic carbocycles. The molecule has 3 N–H and O–H groups in total. The van der Waals surface area contributed by atoms with Gasteiger partial charge in [0.05, 0.1) is 5.52 Å². The summed E-state index contributed by atoms with van der Waals surface area (Å²) in [6.07, 6.45) is 1.76. The summed E-state index contributed by atoms with van der Waals surface area (Å²) >= 11 is 0.